The predicted octanol–water partition coefficient (Wildman–Crippen LogP) is 2.14. The van der Waals surface area contributed by atoms with Gasteiger partial charge in [0, 0.05) is 11.3 Å². The van der Waals surface area contributed by atoms with Crippen molar-refractivity contribution < 1.29 is 14.6 Å². The molecule has 18 heavy (non-hydrogen) atoms. The van der Waals surface area contributed by atoms with Crippen molar-refractivity contribution in [1.82, 2.24) is 0 Å². The molecule has 0 amide bonds. The molecule has 7 nitrogen and oxygen atoms in total. The van der Waals surface area contributed by atoms with Gasteiger partial charge in [-0.25, -0.2) is 0 Å². The second kappa shape index (κ2) is 4.44. The van der Waals surface area contributed by atoms with Gasteiger partial charge in [-0.3, -0.25) is 20.2 Å². The van der Waals surface area contributed by atoms with E-state index < -0.39 is 15.9 Å². The largest absolute Gasteiger partial charge is 0.490 e. The summed E-state index contributed by atoms with van der Waals surface area (Å²) in [6.45, 7) is 0. The van der Waals surface area contributed by atoms with Gasteiger partial charge < -0.3 is 4.74 Å². The highest BCUT2D eigenvalue weighted by molar-refractivity contribution is 5.67. The van der Waals surface area contributed by atoms with Crippen LogP contribution in [0.4, 0.5) is 5.69 Å². The molecule has 0 fully saturated rings. The number of benzene rings is 1. The molecule has 1 aromatic carbocycles. The molecule has 0 N–H and O–H groups in total. The molecule has 1 aliphatic rings. The summed E-state index contributed by atoms with van der Waals surface area (Å²) in [5.74, 6) is 0.0286. The molecule has 0 bridgehead atoms. The summed E-state index contributed by atoms with van der Waals surface area (Å²) in [7, 11) is 1.29. The van der Waals surface area contributed by atoms with E-state index in [9.17, 15) is 20.2 Å². The summed E-state index contributed by atoms with van der Waals surface area (Å²) in [5, 5.41) is 22.1. The number of nitro benzene ring substituents is 1. The zero-order valence-corrected chi connectivity index (χ0v) is 9.45. The molecule has 0 saturated heterocycles. The lowest BCUT2D eigenvalue weighted by atomic mass is 9.91. The van der Waals surface area contributed by atoms with Gasteiger partial charge in [-0.15, -0.1) is 0 Å². The standard InChI is InChI=1S/C11H9N2O5/c1-18-9-6-5-7-3-2-4-8(12(14)15)10(7)11(9)13(16)17/h3,5-6,8H,4H2,1H3. The van der Waals surface area contributed by atoms with Crippen molar-refractivity contribution in [1.29, 1.82) is 0 Å². The van der Waals surface area contributed by atoms with Gasteiger partial charge in [-0.2, -0.15) is 0 Å². The zero-order chi connectivity index (χ0) is 13.3. The Balaban J connectivity index is 2.73. The number of ether oxygens (including phenoxy) is 1. The van der Waals surface area contributed by atoms with Crippen molar-refractivity contribution in [3.63, 3.8) is 0 Å². The van der Waals surface area contributed by atoms with Crippen LogP contribution in [-0.4, -0.2) is 17.0 Å². The minimum absolute atomic E-state index is 0.0218. The maximum absolute atomic E-state index is 11.1. The molecule has 0 saturated carbocycles. The Morgan fingerprint density at radius 3 is 2.67 bits per heavy atom. The van der Waals surface area contributed by atoms with Crippen LogP contribution in [0, 0.1) is 26.3 Å². The van der Waals surface area contributed by atoms with Gasteiger partial charge in [0.1, 0.15) is 5.56 Å². The molecule has 1 atom stereocenters. The Bertz CT molecular complexity index is 553. The third-order valence-corrected chi connectivity index (χ3v) is 2.77. The quantitative estimate of drug-likeness (QED) is 0.604. The van der Waals surface area contributed by atoms with Crippen LogP contribution in [0.15, 0.2) is 12.1 Å². The fourth-order valence-corrected chi connectivity index (χ4v) is 2.00. The summed E-state index contributed by atoms with van der Waals surface area (Å²) < 4.78 is 4.90. The second-order valence-electron chi connectivity index (χ2n) is 3.73. The number of nitro groups is 2. The highest BCUT2D eigenvalue weighted by Gasteiger charge is 2.37. The van der Waals surface area contributed by atoms with E-state index in [2.05, 4.69) is 6.08 Å². The molecule has 0 aliphatic heterocycles. The normalized spacial score (nSPS) is 17.1. The lowest BCUT2D eigenvalue weighted by molar-refractivity contribution is -0.530. The fourth-order valence-electron chi connectivity index (χ4n) is 2.00. The summed E-state index contributed by atoms with van der Waals surface area (Å²) in [6.07, 6.45) is 4.30. The van der Waals surface area contributed by atoms with Gasteiger partial charge >= 0.3 is 5.69 Å². The molecular formula is C11H9N2O5. The maximum atomic E-state index is 11.1. The van der Waals surface area contributed by atoms with Crippen molar-refractivity contribution in [3.8, 4) is 5.75 Å². The van der Waals surface area contributed by atoms with Crippen molar-refractivity contribution in [3.05, 3.63) is 49.6 Å². The SMILES string of the molecule is COc1ccc2c(c1[N+](=O)[O-])C([N+](=O)[O-])C[C]=C2. The second-order valence-corrected chi connectivity index (χ2v) is 3.73. The van der Waals surface area contributed by atoms with E-state index in [1.165, 1.54) is 19.3 Å². The lowest BCUT2D eigenvalue weighted by Crippen LogP contribution is -2.16. The van der Waals surface area contributed by atoms with Crippen molar-refractivity contribution in [2.24, 2.45) is 0 Å². The highest BCUT2D eigenvalue weighted by atomic mass is 16.6. The number of methoxy groups -OCH3 is 1. The van der Waals surface area contributed by atoms with E-state index in [4.69, 9.17) is 4.74 Å². The molecule has 1 aliphatic carbocycles. The third kappa shape index (κ3) is 1.79. The molecule has 0 aromatic heterocycles. The summed E-state index contributed by atoms with van der Waals surface area (Å²) in [4.78, 5) is 20.9. The maximum Gasteiger partial charge on any atom is 0.321 e. The third-order valence-electron chi connectivity index (χ3n) is 2.77. The first kappa shape index (κ1) is 12.0. The molecule has 0 heterocycles. The van der Waals surface area contributed by atoms with Gasteiger partial charge in [-0.1, -0.05) is 12.1 Å². The van der Waals surface area contributed by atoms with Gasteiger partial charge in [0.2, 0.25) is 6.04 Å². The lowest BCUT2D eigenvalue weighted by Gasteiger charge is -2.16. The Kier molecular flexibility index (Phi) is 2.97. The average Bonchev–Trinajstić information content (AvgIpc) is 2.35. The van der Waals surface area contributed by atoms with Crippen molar-refractivity contribution in [2.45, 2.75) is 12.5 Å². The first-order valence-corrected chi connectivity index (χ1v) is 5.11. The van der Waals surface area contributed by atoms with Crippen molar-refractivity contribution >= 4 is 11.8 Å². The van der Waals surface area contributed by atoms with Crippen LogP contribution in [0.5, 0.6) is 5.75 Å². The van der Waals surface area contributed by atoms with Gasteiger partial charge in [-0.05, 0) is 17.7 Å². The minimum atomic E-state index is -1.15. The van der Waals surface area contributed by atoms with E-state index in [1.807, 2.05) is 0 Å². The topological polar surface area (TPSA) is 95.5 Å². The van der Waals surface area contributed by atoms with E-state index >= 15 is 0 Å². The Morgan fingerprint density at radius 2 is 2.11 bits per heavy atom. The molecule has 0 spiro atoms. The van der Waals surface area contributed by atoms with Crippen LogP contribution >= 0.6 is 0 Å². The zero-order valence-electron chi connectivity index (χ0n) is 9.45. The predicted molar refractivity (Wildman–Crippen MR) is 61.7 cm³/mol. The fraction of sp³-hybridized carbons (Fsp3) is 0.273. The molecule has 1 aromatic rings. The molecule has 2 rings (SSSR count). The number of nitrogens with zero attached hydrogens (tertiary/aromatic N) is 2. The van der Waals surface area contributed by atoms with Gasteiger partial charge in [0.25, 0.3) is 0 Å². The number of hydrogen-bond donors (Lipinski definition) is 0. The van der Waals surface area contributed by atoms with Crippen LogP contribution in [0.2, 0.25) is 0 Å². The van der Waals surface area contributed by atoms with E-state index in [-0.39, 0.29) is 23.4 Å². The van der Waals surface area contributed by atoms with Crippen LogP contribution in [0.25, 0.3) is 6.08 Å². The Labute approximate surface area is 102 Å². The van der Waals surface area contributed by atoms with Crippen LogP contribution in [-0.2, 0) is 0 Å². The number of rotatable bonds is 3. The number of hydrogen-bond acceptors (Lipinski definition) is 5. The molecular weight excluding hydrogens is 240 g/mol. The van der Waals surface area contributed by atoms with Gasteiger partial charge in [0.15, 0.2) is 5.75 Å². The smallest absolute Gasteiger partial charge is 0.321 e. The van der Waals surface area contributed by atoms with Crippen molar-refractivity contribution in [2.75, 3.05) is 7.11 Å². The molecule has 7 heteroatoms. The molecule has 93 valence electrons. The summed E-state index contributed by atoms with van der Waals surface area (Å²) >= 11 is 0. The van der Waals surface area contributed by atoms with Crippen LogP contribution < -0.4 is 4.74 Å². The highest BCUT2D eigenvalue weighted by Crippen LogP contribution is 2.41. The van der Waals surface area contributed by atoms with E-state index in [0.29, 0.717) is 5.56 Å². The summed E-state index contributed by atoms with van der Waals surface area (Å²) in [6, 6.07) is 1.84. The molecule has 1 radical (unpaired) electrons. The summed E-state index contributed by atoms with van der Waals surface area (Å²) in [5.41, 5.74) is 0.188. The van der Waals surface area contributed by atoms with Crippen LogP contribution in [0.1, 0.15) is 23.6 Å². The van der Waals surface area contributed by atoms with E-state index in [0.717, 1.165) is 0 Å². The average molecular weight is 249 g/mol. The number of fused-ring (bicyclic) bond motifs is 1. The van der Waals surface area contributed by atoms with E-state index in [1.54, 1.807) is 6.07 Å². The van der Waals surface area contributed by atoms with Gasteiger partial charge in [0.05, 0.1) is 12.0 Å². The van der Waals surface area contributed by atoms with Crippen LogP contribution in [0.3, 0.4) is 0 Å². The first-order valence-electron chi connectivity index (χ1n) is 5.11. The Hall–Kier alpha value is -2.44. The monoisotopic (exact) mass is 249 g/mol. The minimum Gasteiger partial charge on any atom is -0.490 e. The Morgan fingerprint density at radius 1 is 1.39 bits per heavy atom. The molecule has 1 unspecified atom stereocenters. The first-order chi connectivity index (χ1) is 8.56.